The summed E-state index contributed by atoms with van der Waals surface area (Å²) in [5.74, 6) is 5.72. The number of fused-ring (bicyclic) bond motifs is 1. The second-order valence-corrected chi connectivity index (χ2v) is 9.61. The van der Waals surface area contributed by atoms with Gasteiger partial charge in [-0.05, 0) is 87.8 Å². The Kier molecular flexibility index (Phi) is 7.23. The Labute approximate surface area is 223 Å². The first-order chi connectivity index (χ1) is 18.5. The van der Waals surface area contributed by atoms with E-state index in [0.717, 1.165) is 53.2 Å². The van der Waals surface area contributed by atoms with E-state index in [-0.39, 0.29) is 17.9 Å². The number of benzene rings is 1. The summed E-state index contributed by atoms with van der Waals surface area (Å²) in [5, 5.41) is 2.83. The molecule has 1 aromatic carbocycles. The number of likely N-dealkylation sites (tertiary alicyclic amines) is 1. The average molecular weight is 506 g/mol. The fraction of sp³-hybridized carbons (Fsp3) is 0.290. The molecule has 2 aromatic rings. The predicted molar refractivity (Wildman–Crippen MR) is 150 cm³/mol. The van der Waals surface area contributed by atoms with Crippen molar-refractivity contribution in [2.45, 2.75) is 52.5 Å². The molecular formula is C31H31N5O2. The Morgan fingerprint density at radius 2 is 1.89 bits per heavy atom. The molecular weight excluding hydrogens is 474 g/mol. The molecule has 0 radical (unpaired) electrons. The van der Waals surface area contributed by atoms with Crippen LogP contribution in [0.5, 0.6) is 0 Å². The highest BCUT2D eigenvalue weighted by Gasteiger charge is 2.37. The number of carbonyl (C=O) groups excluding carboxylic acids is 2. The smallest absolute Gasteiger partial charge is 0.299 e. The number of rotatable bonds is 4. The summed E-state index contributed by atoms with van der Waals surface area (Å²) in [6.07, 6.45) is 9.46. The first-order valence-electron chi connectivity index (χ1n) is 13.0. The second-order valence-electron chi connectivity index (χ2n) is 9.61. The SMILES string of the molecule is CC#CC(=O)N1CCCC[C@H]1C1=CCC(c2ccc(C(=O)Nc3ccccn3)cc2)=C2C(C)=NC=C(C)N12. The van der Waals surface area contributed by atoms with Gasteiger partial charge in [-0.1, -0.05) is 30.2 Å². The number of carbonyl (C=O) groups is 2. The van der Waals surface area contributed by atoms with Crippen LogP contribution in [0.3, 0.4) is 0 Å². The predicted octanol–water partition coefficient (Wildman–Crippen LogP) is 5.37. The molecule has 5 rings (SSSR count). The van der Waals surface area contributed by atoms with Gasteiger partial charge < -0.3 is 15.1 Å². The fourth-order valence-corrected chi connectivity index (χ4v) is 5.38. The number of allylic oxidation sites excluding steroid dienone is 4. The van der Waals surface area contributed by atoms with Crippen LogP contribution in [-0.2, 0) is 4.79 Å². The van der Waals surface area contributed by atoms with Gasteiger partial charge in [-0.2, -0.15) is 0 Å². The van der Waals surface area contributed by atoms with Crippen LogP contribution in [0.1, 0.15) is 62.4 Å². The lowest BCUT2D eigenvalue weighted by atomic mass is 9.88. The van der Waals surface area contributed by atoms with E-state index in [0.29, 0.717) is 24.3 Å². The molecule has 7 nitrogen and oxygen atoms in total. The number of anilines is 1. The van der Waals surface area contributed by atoms with Crippen LogP contribution in [0.25, 0.3) is 5.57 Å². The summed E-state index contributed by atoms with van der Waals surface area (Å²) in [5.41, 5.74) is 6.84. The van der Waals surface area contributed by atoms with Crippen molar-refractivity contribution in [3.05, 3.63) is 89.2 Å². The van der Waals surface area contributed by atoms with Gasteiger partial charge in [0.2, 0.25) is 0 Å². The van der Waals surface area contributed by atoms with Crippen molar-refractivity contribution in [2.75, 3.05) is 11.9 Å². The molecule has 0 spiro atoms. The van der Waals surface area contributed by atoms with Crippen molar-refractivity contribution in [1.82, 2.24) is 14.8 Å². The minimum absolute atomic E-state index is 0.0273. The zero-order valence-electron chi connectivity index (χ0n) is 22.0. The van der Waals surface area contributed by atoms with Crippen LogP contribution in [0.4, 0.5) is 5.82 Å². The molecule has 3 aliphatic rings. The Hall–Kier alpha value is -4.44. The summed E-state index contributed by atoms with van der Waals surface area (Å²) in [6.45, 7) is 6.50. The summed E-state index contributed by atoms with van der Waals surface area (Å²) in [7, 11) is 0. The van der Waals surface area contributed by atoms with Crippen molar-refractivity contribution in [2.24, 2.45) is 4.99 Å². The molecule has 38 heavy (non-hydrogen) atoms. The number of hydrogen-bond donors (Lipinski definition) is 1. The average Bonchev–Trinajstić information content (AvgIpc) is 2.95. The van der Waals surface area contributed by atoms with E-state index in [4.69, 9.17) is 0 Å². The molecule has 1 aromatic heterocycles. The third-order valence-corrected chi connectivity index (χ3v) is 7.16. The summed E-state index contributed by atoms with van der Waals surface area (Å²) in [6, 6.07) is 13.0. The standard InChI is InChI=1S/C31H31N5O2/c1-4-9-29(37)35-19-8-6-10-26(35)27-17-16-25(30-22(3)33-20-21(2)36(27)30)23-12-14-24(15-13-23)31(38)34-28-11-5-7-18-32-28/h5,7,11-15,17-18,20,26H,6,8,10,16,19H2,1-3H3,(H,32,34,38)/t26-/m0/s1. The van der Waals surface area contributed by atoms with Crippen LogP contribution < -0.4 is 5.32 Å². The Morgan fingerprint density at radius 3 is 2.63 bits per heavy atom. The molecule has 0 bridgehead atoms. The third-order valence-electron chi connectivity index (χ3n) is 7.16. The molecule has 1 atom stereocenters. The highest BCUT2D eigenvalue weighted by atomic mass is 16.2. The van der Waals surface area contributed by atoms with Gasteiger partial charge >= 0.3 is 0 Å². The van der Waals surface area contributed by atoms with Gasteiger partial charge in [0.25, 0.3) is 11.8 Å². The Balaban J connectivity index is 1.46. The van der Waals surface area contributed by atoms with E-state index < -0.39 is 0 Å². The molecule has 2 amide bonds. The zero-order chi connectivity index (χ0) is 26.6. The molecule has 1 saturated heterocycles. The Morgan fingerprint density at radius 1 is 1.08 bits per heavy atom. The van der Waals surface area contributed by atoms with E-state index in [9.17, 15) is 9.59 Å². The van der Waals surface area contributed by atoms with Gasteiger partial charge in [0.1, 0.15) is 5.82 Å². The van der Waals surface area contributed by atoms with E-state index >= 15 is 0 Å². The maximum Gasteiger partial charge on any atom is 0.299 e. The minimum Gasteiger partial charge on any atom is -0.323 e. The Bertz CT molecular complexity index is 1440. The third kappa shape index (κ3) is 4.90. The number of pyridine rings is 1. The van der Waals surface area contributed by atoms with Crippen molar-refractivity contribution in [3.63, 3.8) is 0 Å². The molecule has 1 fully saturated rings. The lowest BCUT2D eigenvalue weighted by Crippen LogP contribution is -2.48. The topological polar surface area (TPSA) is 77.9 Å². The van der Waals surface area contributed by atoms with Gasteiger partial charge in [-0.25, -0.2) is 4.98 Å². The summed E-state index contributed by atoms with van der Waals surface area (Å²) in [4.78, 5) is 38.6. The van der Waals surface area contributed by atoms with E-state index in [2.05, 4.69) is 45.0 Å². The molecule has 0 aliphatic carbocycles. The second kappa shape index (κ2) is 10.9. The molecule has 7 heteroatoms. The highest BCUT2D eigenvalue weighted by Crippen LogP contribution is 2.41. The normalized spacial score (nSPS) is 18.9. The van der Waals surface area contributed by atoms with E-state index in [1.54, 1.807) is 19.2 Å². The van der Waals surface area contributed by atoms with E-state index in [1.807, 2.05) is 54.4 Å². The van der Waals surface area contributed by atoms with Crippen LogP contribution in [-0.4, -0.2) is 44.9 Å². The number of amides is 2. The van der Waals surface area contributed by atoms with Crippen LogP contribution in [0.15, 0.2) is 83.0 Å². The number of nitrogens with one attached hydrogen (secondary N) is 1. The molecule has 4 heterocycles. The van der Waals surface area contributed by atoms with Gasteiger partial charge in [0.05, 0.1) is 17.5 Å². The maximum absolute atomic E-state index is 12.9. The molecule has 3 aliphatic heterocycles. The summed E-state index contributed by atoms with van der Waals surface area (Å²) < 4.78 is 0. The zero-order valence-corrected chi connectivity index (χ0v) is 22.0. The van der Waals surface area contributed by atoms with Crippen molar-refractivity contribution < 1.29 is 9.59 Å². The lowest BCUT2D eigenvalue weighted by molar-refractivity contribution is -0.128. The van der Waals surface area contributed by atoms with Crippen molar-refractivity contribution in [1.29, 1.82) is 0 Å². The van der Waals surface area contributed by atoms with Crippen molar-refractivity contribution in [3.8, 4) is 11.8 Å². The number of aromatic nitrogens is 1. The van der Waals surface area contributed by atoms with Gasteiger partial charge in [0.15, 0.2) is 0 Å². The first kappa shape index (κ1) is 25.2. The number of aliphatic imine (C=N–C) groups is 1. The van der Waals surface area contributed by atoms with E-state index in [1.165, 1.54) is 0 Å². The largest absolute Gasteiger partial charge is 0.323 e. The van der Waals surface area contributed by atoms with Crippen LogP contribution in [0.2, 0.25) is 0 Å². The van der Waals surface area contributed by atoms with Gasteiger partial charge in [-0.15, -0.1) is 0 Å². The maximum atomic E-state index is 12.9. The van der Waals surface area contributed by atoms with Crippen LogP contribution >= 0.6 is 0 Å². The molecule has 0 saturated carbocycles. The number of hydrogen-bond acceptors (Lipinski definition) is 5. The molecule has 192 valence electrons. The monoisotopic (exact) mass is 505 g/mol. The van der Waals surface area contributed by atoms with Gasteiger partial charge in [-0.3, -0.25) is 14.6 Å². The number of piperidine rings is 1. The van der Waals surface area contributed by atoms with Crippen LogP contribution in [0, 0.1) is 11.8 Å². The molecule has 0 unspecified atom stereocenters. The molecule has 1 N–H and O–H groups in total. The van der Waals surface area contributed by atoms with Crippen molar-refractivity contribution >= 4 is 28.9 Å². The van der Waals surface area contributed by atoms with Gasteiger partial charge in [0, 0.05) is 35.9 Å². The lowest BCUT2D eigenvalue weighted by Gasteiger charge is -2.44. The number of nitrogens with zero attached hydrogens (tertiary/aromatic N) is 4. The highest BCUT2D eigenvalue weighted by molar-refractivity contribution is 6.07. The quantitative estimate of drug-likeness (QED) is 0.567. The summed E-state index contributed by atoms with van der Waals surface area (Å²) >= 11 is 0. The minimum atomic E-state index is -0.202. The fourth-order valence-electron chi connectivity index (χ4n) is 5.38. The first-order valence-corrected chi connectivity index (χ1v) is 13.0.